The predicted molar refractivity (Wildman–Crippen MR) is 92.8 cm³/mol. The van der Waals surface area contributed by atoms with Gasteiger partial charge in [-0.25, -0.2) is 4.39 Å². The van der Waals surface area contributed by atoms with Gasteiger partial charge in [-0.15, -0.1) is 0 Å². The largest absolute Gasteiger partial charge is 0.476 e. The molecule has 1 unspecified atom stereocenters. The van der Waals surface area contributed by atoms with Crippen molar-refractivity contribution in [3.05, 3.63) is 53.8 Å². The predicted octanol–water partition coefficient (Wildman–Crippen LogP) is 3.47. The number of benzene rings is 2. The molecule has 2 aromatic carbocycles. The highest BCUT2D eigenvalue weighted by atomic mass is 19.1. The van der Waals surface area contributed by atoms with E-state index in [0.29, 0.717) is 30.9 Å². The molecule has 3 rings (SSSR count). The van der Waals surface area contributed by atoms with Crippen molar-refractivity contribution < 1.29 is 13.9 Å². The first-order valence-corrected chi connectivity index (χ1v) is 8.05. The standard InChI is InChI=1S/C19H18FN3O2/c1-13(11-21)25-16-5-2-14(3-6-16)12-23-9-8-19(24)22-17-10-15(20)4-7-18(17)23/h2-7,10,13H,8-9,12H2,1H3,(H,22,24). The summed E-state index contributed by atoms with van der Waals surface area (Å²) in [7, 11) is 0. The zero-order valence-corrected chi connectivity index (χ0v) is 13.8. The SMILES string of the molecule is CC(C#N)Oc1ccc(CN2CCC(=O)Nc3cc(F)ccc32)cc1. The Bertz CT molecular complexity index is 814. The van der Waals surface area contributed by atoms with Crippen LogP contribution in [0.15, 0.2) is 42.5 Å². The van der Waals surface area contributed by atoms with E-state index in [2.05, 4.69) is 5.32 Å². The molecule has 0 saturated carbocycles. The van der Waals surface area contributed by atoms with Crippen molar-refractivity contribution in [1.82, 2.24) is 0 Å². The number of carbonyl (C=O) groups is 1. The number of ether oxygens (including phenoxy) is 1. The number of anilines is 2. The maximum absolute atomic E-state index is 13.5. The number of halogens is 1. The third-order valence-corrected chi connectivity index (χ3v) is 3.97. The Balaban J connectivity index is 1.78. The molecule has 1 amide bonds. The molecular formula is C19H18FN3O2. The third-order valence-electron chi connectivity index (χ3n) is 3.97. The van der Waals surface area contributed by atoms with Gasteiger partial charge in [0.25, 0.3) is 0 Å². The van der Waals surface area contributed by atoms with E-state index in [1.807, 2.05) is 35.2 Å². The van der Waals surface area contributed by atoms with Gasteiger partial charge in [0.15, 0.2) is 6.10 Å². The molecule has 0 fully saturated rings. The van der Waals surface area contributed by atoms with Crippen molar-refractivity contribution in [1.29, 1.82) is 5.26 Å². The first-order chi connectivity index (χ1) is 12.0. The molecule has 5 nitrogen and oxygen atoms in total. The van der Waals surface area contributed by atoms with Gasteiger partial charge < -0.3 is 15.0 Å². The molecule has 128 valence electrons. The number of hydrogen-bond acceptors (Lipinski definition) is 4. The molecule has 0 radical (unpaired) electrons. The lowest BCUT2D eigenvalue weighted by Crippen LogP contribution is -2.24. The molecule has 2 aromatic rings. The highest BCUT2D eigenvalue weighted by Crippen LogP contribution is 2.31. The highest BCUT2D eigenvalue weighted by Gasteiger charge is 2.19. The summed E-state index contributed by atoms with van der Waals surface area (Å²) < 4.78 is 18.9. The molecule has 0 spiro atoms. The van der Waals surface area contributed by atoms with Crippen LogP contribution in [-0.2, 0) is 11.3 Å². The van der Waals surface area contributed by atoms with Crippen molar-refractivity contribution in [2.45, 2.75) is 26.0 Å². The minimum Gasteiger partial charge on any atom is -0.476 e. The third kappa shape index (κ3) is 4.07. The summed E-state index contributed by atoms with van der Waals surface area (Å²) in [5.74, 6) is 0.130. The molecule has 0 saturated heterocycles. The number of hydrogen-bond donors (Lipinski definition) is 1. The van der Waals surface area contributed by atoms with Crippen LogP contribution in [0.1, 0.15) is 18.9 Å². The summed E-state index contributed by atoms with van der Waals surface area (Å²) in [6.45, 7) is 2.82. The smallest absolute Gasteiger partial charge is 0.226 e. The monoisotopic (exact) mass is 339 g/mol. The second-order valence-corrected chi connectivity index (χ2v) is 5.91. The summed E-state index contributed by atoms with van der Waals surface area (Å²) in [4.78, 5) is 13.9. The molecule has 1 heterocycles. The van der Waals surface area contributed by atoms with Crippen LogP contribution in [0, 0.1) is 17.1 Å². The quantitative estimate of drug-likeness (QED) is 0.926. The average Bonchev–Trinajstić information content (AvgIpc) is 2.74. The Hall–Kier alpha value is -3.07. The van der Waals surface area contributed by atoms with E-state index in [1.165, 1.54) is 12.1 Å². The van der Waals surface area contributed by atoms with Crippen molar-refractivity contribution in [2.75, 3.05) is 16.8 Å². The second-order valence-electron chi connectivity index (χ2n) is 5.91. The number of fused-ring (bicyclic) bond motifs is 1. The molecule has 0 aliphatic carbocycles. The number of nitriles is 1. The van der Waals surface area contributed by atoms with Crippen LogP contribution < -0.4 is 15.0 Å². The summed E-state index contributed by atoms with van der Waals surface area (Å²) >= 11 is 0. The summed E-state index contributed by atoms with van der Waals surface area (Å²) in [6, 6.07) is 13.9. The molecule has 1 atom stereocenters. The number of nitrogens with one attached hydrogen (secondary N) is 1. The fourth-order valence-electron chi connectivity index (χ4n) is 2.74. The Morgan fingerprint density at radius 1 is 1.32 bits per heavy atom. The molecule has 1 aliphatic heterocycles. The maximum atomic E-state index is 13.5. The molecule has 25 heavy (non-hydrogen) atoms. The van der Waals surface area contributed by atoms with E-state index < -0.39 is 6.10 Å². The van der Waals surface area contributed by atoms with Crippen LogP contribution in [0.3, 0.4) is 0 Å². The lowest BCUT2D eigenvalue weighted by Gasteiger charge is -2.24. The number of carbonyl (C=O) groups excluding carboxylic acids is 1. The molecule has 6 heteroatoms. The zero-order chi connectivity index (χ0) is 17.8. The molecule has 0 bridgehead atoms. The van der Waals surface area contributed by atoms with Crippen LogP contribution in [0.5, 0.6) is 5.75 Å². The van der Waals surface area contributed by atoms with Crippen molar-refractivity contribution in [3.63, 3.8) is 0 Å². The van der Waals surface area contributed by atoms with Gasteiger partial charge in [-0.1, -0.05) is 12.1 Å². The van der Waals surface area contributed by atoms with E-state index in [9.17, 15) is 9.18 Å². The van der Waals surface area contributed by atoms with E-state index >= 15 is 0 Å². The first-order valence-electron chi connectivity index (χ1n) is 8.05. The molecular weight excluding hydrogens is 321 g/mol. The summed E-state index contributed by atoms with van der Waals surface area (Å²) in [6.07, 6.45) is -0.160. The number of nitrogens with zero attached hydrogens (tertiary/aromatic N) is 2. The van der Waals surface area contributed by atoms with Gasteiger partial charge in [0, 0.05) is 19.5 Å². The topological polar surface area (TPSA) is 65.4 Å². The fourth-order valence-corrected chi connectivity index (χ4v) is 2.74. The Kier molecular flexibility index (Phi) is 4.85. The minimum absolute atomic E-state index is 0.122. The van der Waals surface area contributed by atoms with Gasteiger partial charge in [-0.2, -0.15) is 5.26 Å². The van der Waals surface area contributed by atoms with Crippen LogP contribution in [-0.4, -0.2) is 18.6 Å². The van der Waals surface area contributed by atoms with E-state index in [-0.39, 0.29) is 11.7 Å². The summed E-state index contributed by atoms with van der Waals surface area (Å²) in [5, 5.41) is 11.5. The van der Waals surface area contributed by atoms with Crippen molar-refractivity contribution in [3.8, 4) is 11.8 Å². The normalized spacial score (nSPS) is 14.8. The van der Waals surface area contributed by atoms with Crippen LogP contribution in [0.4, 0.5) is 15.8 Å². The average molecular weight is 339 g/mol. The lowest BCUT2D eigenvalue weighted by molar-refractivity contribution is -0.115. The highest BCUT2D eigenvalue weighted by molar-refractivity contribution is 5.96. The first kappa shape index (κ1) is 16.8. The van der Waals surface area contributed by atoms with Gasteiger partial charge in [0.05, 0.1) is 11.4 Å². The molecule has 1 aliphatic rings. The lowest BCUT2D eigenvalue weighted by atomic mass is 10.1. The molecule has 1 N–H and O–H groups in total. The van der Waals surface area contributed by atoms with Crippen molar-refractivity contribution in [2.24, 2.45) is 0 Å². The van der Waals surface area contributed by atoms with E-state index in [0.717, 1.165) is 11.3 Å². The van der Waals surface area contributed by atoms with Gasteiger partial charge in [0.2, 0.25) is 5.91 Å². The van der Waals surface area contributed by atoms with Gasteiger partial charge in [0.1, 0.15) is 17.6 Å². The van der Waals surface area contributed by atoms with Crippen LogP contribution in [0.2, 0.25) is 0 Å². The summed E-state index contributed by atoms with van der Waals surface area (Å²) in [5.41, 5.74) is 2.32. The Morgan fingerprint density at radius 2 is 2.08 bits per heavy atom. The Labute approximate surface area is 145 Å². The van der Waals surface area contributed by atoms with Crippen molar-refractivity contribution >= 4 is 17.3 Å². The Morgan fingerprint density at radius 3 is 2.80 bits per heavy atom. The van der Waals surface area contributed by atoms with Gasteiger partial charge in [-0.3, -0.25) is 4.79 Å². The molecule has 0 aromatic heterocycles. The van der Waals surface area contributed by atoms with Gasteiger partial charge in [-0.05, 0) is 42.8 Å². The number of rotatable bonds is 4. The maximum Gasteiger partial charge on any atom is 0.226 e. The zero-order valence-electron chi connectivity index (χ0n) is 13.8. The van der Waals surface area contributed by atoms with Crippen LogP contribution >= 0.6 is 0 Å². The van der Waals surface area contributed by atoms with Gasteiger partial charge >= 0.3 is 0 Å². The van der Waals surface area contributed by atoms with E-state index in [1.54, 1.807) is 13.0 Å². The minimum atomic E-state index is -0.504. The number of amides is 1. The van der Waals surface area contributed by atoms with Crippen LogP contribution in [0.25, 0.3) is 0 Å². The second kappa shape index (κ2) is 7.22. The van der Waals surface area contributed by atoms with E-state index in [4.69, 9.17) is 10.00 Å². The fraction of sp³-hybridized carbons (Fsp3) is 0.263.